The average molecular weight is 233 g/mol. The third kappa shape index (κ3) is 2.75. The summed E-state index contributed by atoms with van der Waals surface area (Å²) in [4.78, 5) is 16.1. The summed E-state index contributed by atoms with van der Waals surface area (Å²) in [6, 6.07) is 3.94. The van der Waals surface area contributed by atoms with Gasteiger partial charge in [-0.05, 0) is 30.9 Å². The second-order valence-corrected chi connectivity index (χ2v) is 5.18. The molecule has 0 aliphatic heterocycles. The van der Waals surface area contributed by atoms with Gasteiger partial charge in [-0.2, -0.15) is 0 Å². The van der Waals surface area contributed by atoms with Gasteiger partial charge in [0.15, 0.2) is 0 Å². The van der Waals surface area contributed by atoms with E-state index in [-0.39, 0.29) is 11.3 Å². The maximum Gasteiger partial charge on any atom is 0.253 e. The van der Waals surface area contributed by atoms with Crippen molar-refractivity contribution in [3.63, 3.8) is 0 Å². The Labute approximate surface area is 102 Å². The fraction of sp³-hybridized carbons (Fsp3) is 0.538. The van der Waals surface area contributed by atoms with E-state index in [1.807, 2.05) is 13.0 Å². The molecule has 1 aromatic heterocycles. The number of nitrogens with zero attached hydrogens (tertiary/aromatic N) is 1. The van der Waals surface area contributed by atoms with Gasteiger partial charge >= 0.3 is 0 Å². The molecule has 1 atom stereocenters. The molecule has 1 heterocycles. The van der Waals surface area contributed by atoms with Crippen LogP contribution in [0.15, 0.2) is 18.3 Å². The summed E-state index contributed by atoms with van der Waals surface area (Å²) in [7, 11) is 0. The van der Waals surface area contributed by atoms with E-state index < -0.39 is 0 Å². The highest BCUT2D eigenvalue weighted by atomic mass is 16.1. The predicted octanol–water partition coefficient (Wildman–Crippen LogP) is 2.04. The molecular formula is C13H19N3O. The second kappa shape index (κ2) is 4.35. The largest absolute Gasteiger partial charge is 0.370 e. The van der Waals surface area contributed by atoms with Crippen LogP contribution >= 0.6 is 0 Å². The van der Waals surface area contributed by atoms with Gasteiger partial charge in [-0.1, -0.05) is 13.8 Å². The molecule has 1 unspecified atom stereocenters. The summed E-state index contributed by atoms with van der Waals surface area (Å²) >= 11 is 0. The fourth-order valence-corrected chi connectivity index (χ4v) is 1.77. The van der Waals surface area contributed by atoms with Crippen molar-refractivity contribution < 1.29 is 4.79 Å². The van der Waals surface area contributed by atoms with Crippen LogP contribution in [0.3, 0.4) is 0 Å². The smallest absolute Gasteiger partial charge is 0.253 e. The van der Waals surface area contributed by atoms with Crippen molar-refractivity contribution in [1.29, 1.82) is 0 Å². The van der Waals surface area contributed by atoms with E-state index in [1.165, 1.54) is 0 Å². The molecule has 1 aliphatic rings. The Morgan fingerprint density at radius 3 is 2.71 bits per heavy atom. The molecule has 0 radical (unpaired) electrons. The Balaban J connectivity index is 1.95. The number of carbonyl (C=O) groups excluding carboxylic acids is 1. The molecule has 92 valence electrons. The third-order valence-electron chi connectivity index (χ3n) is 3.20. The maximum atomic E-state index is 11.9. The molecule has 2 rings (SSSR count). The van der Waals surface area contributed by atoms with Crippen LogP contribution in [0.5, 0.6) is 0 Å². The van der Waals surface area contributed by atoms with E-state index in [1.54, 1.807) is 12.3 Å². The number of amides is 1. The molecule has 4 heteroatoms. The van der Waals surface area contributed by atoms with Crippen molar-refractivity contribution >= 4 is 11.7 Å². The minimum atomic E-state index is -0.0314. The topological polar surface area (TPSA) is 54.0 Å². The van der Waals surface area contributed by atoms with Gasteiger partial charge in [-0.15, -0.1) is 0 Å². The number of carbonyl (C=O) groups is 1. The van der Waals surface area contributed by atoms with Crippen LogP contribution in [0.4, 0.5) is 5.82 Å². The zero-order valence-corrected chi connectivity index (χ0v) is 10.6. The summed E-state index contributed by atoms with van der Waals surface area (Å²) in [5.74, 6) is 0.770. The van der Waals surface area contributed by atoms with E-state index >= 15 is 0 Å². The number of nitrogens with one attached hydrogen (secondary N) is 2. The van der Waals surface area contributed by atoms with E-state index in [4.69, 9.17) is 0 Å². The van der Waals surface area contributed by atoms with Crippen molar-refractivity contribution in [3.05, 3.63) is 23.9 Å². The molecule has 0 bridgehead atoms. The van der Waals surface area contributed by atoms with Crippen molar-refractivity contribution in [2.75, 3.05) is 11.9 Å². The standard InChI is InChI=1S/C13H19N3O/c1-4-14-11-6-5-9(8-15-11)12(17)16-10-7-13(10,2)3/h5-6,8,10H,4,7H2,1-3H3,(H,14,15)(H,16,17). The lowest BCUT2D eigenvalue weighted by atomic mass is 10.2. The summed E-state index contributed by atoms with van der Waals surface area (Å²) in [6.45, 7) is 7.15. The lowest BCUT2D eigenvalue weighted by Gasteiger charge is -2.07. The van der Waals surface area contributed by atoms with Gasteiger partial charge in [0.2, 0.25) is 0 Å². The third-order valence-corrected chi connectivity index (χ3v) is 3.20. The van der Waals surface area contributed by atoms with Gasteiger partial charge in [-0.25, -0.2) is 4.98 Å². The zero-order chi connectivity index (χ0) is 12.5. The quantitative estimate of drug-likeness (QED) is 0.836. The molecule has 2 N–H and O–H groups in total. The van der Waals surface area contributed by atoms with Crippen LogP contribution < -0.4 is 10.6 Å². The highest BCUT2D eigenvalue weighted by Crippen LogP contribution is 2.44. The van der Waals surface area contributed by atoms with Crippen LogP contribution in [-0.4, -0.2) is 23.5 Å². The van der Waals surface area contributed by atoms with Gasteiger partial charge in [-0.3, -0.25) is 4.79 Å². The first kappa shape index (κ1) is 11.9. The van der Waals surface area contributed by atoms with E-state index in [0.29, 0.717) is 11.6 Å². The average Bonchev–Trinajstić information content (AvgIpc) is 2.87. The summed E-state index contributed by atoms with van der Waals surface area (Å²) in [5, 5.41) is 6.11. The van der Waals surface area contributed by atoms with Gasteiger partial charge in [0.1, 0.15) is 5.82 Å². The molecule has 4 nitrogen and oxygen atoms in total. The Morgan fingerprint density at radius 1 is 1.53 bits per heavy atom. The molecule has 1 aliphatic carbocycles. The van der Waals surface area contributed by atoms with Crippen LogP contribution in [0, 0.1) is 5.41 Å². The zero-order valence-electron chi connectivity index (χ0n) is 10.6. The fourth-order valence-electron chi connectivity index (χ4n) is 1.77. The van der Waals surface area contributed by atoms with E-state index in [0.717, 1.165) is 18.8 Å². The predicted molar refractivity (Wildman–Crippen MR) is 68.1 cm³/mol. The van der Waals surface area contributed by atoms with Crippen LogP contribution in [0.1, 0.15) is 37.6 Å². The first-order valence-corrected chi connectivity index (χ1v) is 6.04. The van der Waals surface area contributed by atoms with Crippen molar-refractivity contribution in [3.8, 4) is 0 Å². The molecule has 1 amide bonds. The summed E-state index contributed by atoms with van der Waals surface area (Å²) in [5.41, 5.74) is 0.877. The first-order chi connectivity index (χ1) is 8.03. The van der Waals surface area contributed by atoms with Crippen molar-refractivity contribution in [1.82, 2.24) is 10.3 Å². The van der Waals surface area contributed by atoms with Crippen molar-refractivity contribution in [2.45, 2.75) is 33.2 Å². The number of rotatable bonds is 4. The molecule has 17 heavy (non-hydrogen) atoms. The molecule has 1 saturated carbocycles. The van der Waals surface area contributed by atoms with Gasteiger partial charge < -0.3 is 10.6 Å². The van der Waals surface area contributed by atoms with E-state index in [9.17, 15) is 4.79 Å². The highest BCUT2D eigenvalue weighted by Gasteiger charge is 2.46. The number of pyridine rings is 1. The lowest BCUT2D eigenvalue weighted by molar-refractivity contribution is 0.0946. The monoisotopic (exact) mass is 233 g/mol. The Hall–Kier alpha value is -1.58. The normalized spacial score (nSPS) is 20.8. The summed E-state index contributed by atoms with van der Waals surface area (Å²) in [6.07, 6.45) is 2.67. The number of hydrogen-bond donors (Lipinski definition) is 2. The number of anilines is 1. The van der Waals surface area contributed by atoms with Crippen LogP contribution in [0.2, 0.25) is 0 Å². The Bertz CT molecular complexity index is 411. The number of aromatic nitrogens is 1. The maximum absolute atomic E-state index is 11.9. The molecule has 1 aromatic rings. The molecule has 1 fully saturated rings. The van der Waals surface area contributed by atoms with E-state index in [2.05, 4.69) is 29.5 Å². The van der Waals surface area contributed by atoms with Gasteiger partial charge in [0.05, 0.1) is 5.56 Å². The van der Waals surface area contributed by atoms with Crippen LogP contribution in [-0.2, 0) is 0 Å². The highest BCUT2D eigenvalue weighted by molar-refractivity contribution is 5.94. The second-order valence-electron chi connectivity index (χ2n) is 5.18. The Morgan fingerprint density at radius 2 is 2.24 bits per heavy atom. The first-order valence-electron chi connectivity index (χ1n) is 6.04. The Kier molecular flexibility index (Phi) is 3.05. The molecule has 0 aromatic carbocycles. The molecular weight excluding hydrogens is 214 g/mol. The van der Waals surface area contributed by atoms with Gasteiger partial charge in [0.25, 0.3) is 5.91 Å². The van der Waals surface area contributed by atoms with Crippen molar-refractivity contribution in [2.24, 2.45) is 5.41 Å². The SMILES string of the molecule is CCNc1ccc(C(=O)NC2CC2(C)C)cn1. The summed E-state index contributed by atoms with van der Waals surface area (Å²) < 4.78 is 0. The van der Waals surface area contributed by atoms with Crippen LogP contribution in [0.25, 0.3) is 0 Å². The lowest BCUT2D eigenvalue weighted by Crippen LogP contribution is -2.28. The molecule has 0 spiro atoms. The molecule has 0 saturated heterocycles. The minimum absolute atomic E-state index is 0.0314. The number of hydrogen-bond acceptors (Lipinski definition) is 3. The van der Waals surface area contributed by atoms with Gasteiger partial charge in [0, 0.05) is 18.8 Å². The minimum Gasteiger partial charge on any atom is -0.370 e.